The molecule has 2 aliphatic heterocycles. The van der Waals surface area contributed by atoms with Crippen molar-refractivity contribution in [1.82, 2.24) is 4.90 Å². The maximum atomic E-state index is 12.0. The van der Waals surface area contributed by atoms with Crippen molar-refractivity contribution >= 4 is 11.7 Å². The Morgan fingerprint density at radius 1 is 1.38 bits per heavy atom. The van der Waals surface area contributed by atoms with Crippen molar-refractivity contribution in [3.8, 4) is 0 Å². The topological polar surface area (TPSA) is 37.4 Å². The summed E-state index contributed by atoms with van der Waals surface area (Å²) < 4.78 is 0. The Kier molecular flexibility index (Phi) is 2.59. The molecule has 0 aromatic carbocycles. The van der Waals surface area contributed by atoms with Crippen molar-refractivity contribution in [2.75, 3.05) is 6.54 Å². The Morgan fingerprint density at radius 2 is 2.00 bits per heavy atom. The summed E-state index contributed by atoms with van der Waals surface area (Å²) >= 11 is 0. The number of amides is 1. The second-order valence-corrected chi connectivity index (χ2v) is 5.80. The molecule has 0 radical (unpaired) electrons. The molecule has 0 aromatic heterocycles. The van der Waals surface area contributed by atoms with Crippen LogP contribution in [0, 0.1) is 17.3 Å². The number of hydrogen-bond acceptors (Lipinski definition) is 2. The Balaban J connectivity index is 2.27. The van der Waals surface area contributed by atoms with Gasteiger partial charge >= 0.3 is 0 Å². The predicted octanol–water partition coefficient (Wildman–Crippen LogP) is 1.86. The van der Waals surface area contributed by atoms with Crippen molar-refractivity contribution < 1.29 is 9.59 Å². The summed E-state index contributed by atoms with van der Waals surface area (Å²) in [5.74, 6) is 1.24. The molecule has 0 aromatic rings. The second-order valence-electron chi connectivity index (χ2n) is 5.80. The smallest absolute Gasteiger partial charge is 0.220 e. The zero-order valence-corrected chi connectivity index (χ0v) is 10.6. The fourth-order valence-corrected chi connectivity index (χ4v) is 3.40. The van der Waals surface area contributed by atoms with E-state index >= 15 is 0 Å². The number of ketones is 1. The summed E-state index contributed by atoms with van der Waals surface area (Å²) in [5.41, 5.74) is 0.238. The summed E-state index contributed by atoms with van der Waals surface area (Å²) in [5, 5.41) is 0. The molecule has 1 aliphatic carbocycles. The van der Waals surface area contributed by atoms with Crippen molar-refractivity contribution in [2.45, 2.75) is 46.6 Å². The number of carbonyl (C=O) groups is 2. The van der Waals surface area contributed by atoms with Crippen molar-refractivity contribution in [2.24, 2.45) is 17.3 Å². The second kappa shape index (κ2) is 3.57. The van der Waals surface area contributed by atoms with Crippen molar-refractivity contribution in [3.05, 3.63) is 0 Å². The first-order valence-corrected chi connectivity index (χ1v) is 6.19. The maximum Gasteiger partial charge on any atom is 0.220 e. The molecule has 3 aliphatic rings. The highest BCUT2D eigenvalue weighted by Crippen LogP contribution is 2.57. The highest BCUT2D eigenvalue weighted by atomic mass is 16.2. The monoisotopic (exact) mass is 223 g/mol. The van der Waals surface area contributed by atoms with Crippen molar-refractivity contribution in [1.29, 1.82) is 0 Å². The molecule has 2 bridgehead atoms. The van der Waals surface area contributed by atoms with Crippen LogP contribution in [0.2, 0.25) is 0 Å². The highest BCUT2D eigenvalue weighted by molar-refractivity contribution is 5.89. The van der Waals surface area contributed by atoms with Crippen LogP contribution in [0.4, 0.5) is 0 Å². The number of Topliss-reactive ketones (excluding diaryl/α,β-unsaturated/α-hetero) is 1. The van der Waals surface area contributed by atoms with Gasteiger partial charge in [-0.3, -0.25) is 9.59 Å². The third-order valence-corrected chi connectivity index (χ3v) is 4.76. The molecule has 3 rings (SSSR count). The average molecular weight is 223 g/mol. The molecule has 3 unspecified atom stereocenters. The third-order valence-electron chi connectivity index (χ3n) is 4.76. The summed E-state index contributed by atoms with van der Waals surface area (Å²) in [4.78, 5) is 25.4. The summed E-state index contributed by atoms with van der Waals surface area (Å²) in [6.07, 6.45) is 1.65. The van der Waals surface area contributed by atoms with Gasteiger partial charge in [-0.05, 0) is 23.7 Å². The van der Waals surface area contributed by atoms with Gasteiger partial charge in [0.2, 0.25) is 5.91 Å². The van der Waals surface area contributed by atoms with Crippen LogP contribution in [0.25, 0.3) is 0 Å². The van der Waals surface area contributed by atoms with Crippen LogP contribution in [0.1, 0.15) is 40.5 Å². The van der Waals surface area contributed by atoms with Gasteiger partial charge < -0.3 is 4.90 Å². The van der Waals surface area contributed by atoms with Gasteiger partial charge in [-0.25, -0.2) is 0 Å². The van der Waals surface area contributed by atoms with Crippen LogP contribution in [0.5, 0.6) is 0 Å². The first-order chi connectivity index (χ1) is 7.39. The zero-order chi connectivity index (χ0) is 12.1. The van der Waals surface area contributed by atoms with Gasteiger partial charge in [0.05, 0.1) is 6.04 Å². The van der Waals surface area contributed by atoms with Crippen LogP contribution in [-0.4, -0.2) is 29.2 Å². The first-order valence-electron chi connectivity index (χ1n) is 6.19. The van der Waals surface area contributed by atoms with E-state index in [1.54, 1.807) is 11.8 Å². The lowest BCUT2D eigenvalue weighted by atomic mass is 9.49. The van der Waals surface area contributed by atoms with Gasteiger partial charge in [-0.1, -0.05) is 20.8 Å². The van der Waals surface area contributed by atoms with E-state index in [0.717, 1.165) is 13.0 Å². The van der Waals surface area contributed by atoms with E-state index in [9.17, 15) is 9.59 Å². The van der Waals surface area contributed by atoms with E-state index in [1.807, 2.05) is 6.92 Å². The van der Waals surface area contributed by atoms with Gasteiger partial charge in [0.15, 0.2) is 5.78 Å². The van der Waals surface area contributed by atoms with E-state index in [4.69, 9.17) is 0 Å². The number of fused-ring (bicyclic) bond motifs is 2. The number of hydrogen-bond donors (Lipinski definition) is 0. The molecular weight excluding hydrogens is 202 g/mol. The fourth-order valence-electron chi connectivity index (χ4n) is 3.40. The average Bonchev–Trinajstić information content (AvgIpc) is 2.26. The summed E-state index contributed by atoms with van der Waals surface area (Å²) in [7, 11) is 0. The normalized spacial score (nSPS) is 35.5. The van der Waals surface area contributed by atoms with Crippen LogP contribution in [0.15, 0.2) is 0 Å². The Hall–Kier alpha value is -0.860. The third kappa shape index (κ3) is 1.40. The molecule has 3 heteroatoms. The van der Waals surface area contributed by atoms with Crippen LogP contribution < -0.4 is 0 Å². The minimum atomic E-state index is -0.150. The Labute approximate surface area is 97.2 Å². The number of carbonyl (C=O) groups excluding carboxylic acids is 2. The van der Waals surface area contributed by atoms with Gasteiger partial charge in [-0.2, -0.15) is 0 Å². The molecule has 3 fully saturated rings. The standard InChI is InChI=1S/C13H21NO2/c1-5-11(16)12-10-6-9(13(10,3)4)7-14(12)8(2)15/h9-10,12H,5-7H2,1-4H3. The Bertz CT molecular complexity index is 335. The predicted molar refractivity (Wildman–Crippen MR) is 61.9 cm³/mol. The molecule has 16 heavy (non-hydrogen) atoms. The molecule has 1 saturated carbocycles. The number of nitrogens with zero attached hydrogens (tertiary/aromatic N) is 1. The summed E-state index contributed by atoms with van der Waals surface area (Å²) in [6.45, 7) is 8.71. The van der Waals surface area contributed by atoms with E-state index in [1.165, 1.54) is 0 Å². The van der Waals surface area contributed by atoms with Crippen LogP contribution >= 0.6 is 0 Å². The molecule has 90 valence electrons. The molecule has 1 amide bonds. The van der Waals surface area contributed by atoms with Gasteiger partial charge in [-0.15, -0.1) is 0 Å². The molecule has 0 spiro atoms. The molecule has 3 atom stereocenters. The molecule has 2 saturated heterocycles. The van der Waals surface area contributed by atoms with E-state index < -0.39 is 0 Å². The fraction of sp³-hybridized carbons (Fsp3) is 0.846. The van der Waals surface area contributed by atoms with Crippen LogP contribution in [-0.2, 0) is 9.59 Å². The lowest BCUT2D eigenvalue weighted by Crippen LogP contribution is -2.68. The van der Waals surface area contributed by atoms with Gasteiger partial charge in [0.1, 0.15) is 0 Å². The van der Waals surface area contributed by atoms with Gasteiger partial charge in [0.25, 0.3) is 0 Å². The van der Waals surface area contributed by atoms with E-state index in [-0.39, 0.29) is 23.1 Å². The molecule has 3 nitrogen and oxygen atoms in total. The number of piperidine rings is 2. The minimum Gasteiger partial charge on any atom is -0.332 e. The van der Waals surface area contributed by atoms with Gasteiger partial charge in [0, 0.05) is 19.9 Å². The van der Waals surface area contributed by atoms with Crippen molar-refractivity contribution in [3.63, 3.8) is 0 Å². The van der Waals surface area contributed by atoms with E-state index in [2.05, 4.69) is 13.8 Å². The maximum absolute atomic E-state index is 12.0. The molecule has 0 N–H and O–H groups in total. The van der Waals surface area contributed by atoms with Crippen LogP contribution in [0.3, 0.4) is 0 Å². The number of rotatable bonds is 2. The first kappa shape index (κ1) is 11.6. The lowest BCUT2D eigenvalue weighted by Gasteiger charge is -2.62. The minimum absolute atomic E-state index is 0.0528. The SMILES string of the molecule is CCC(=O)C1C2CC(CN1C(C)=O)C2(C)C. The molecule has 2 heterocycles. The lowest BCUT2D eigenvalue weighted by molar-refractivity contribution is -0.173. The Morgan fingerprint density at radius 3 is 2.44 bits per heavy atom. The zero-order valence-electron chi connectivity index (χ0n) is 10.6. The van der Waals surface area contributed by atoms with E-state index in [0.29, 0.717) is 18.3 Å². The highest BCUT2D eigenvalue weighted by Gasteiger charge is 2.59. The quantitative estimate of drug-likeness (QED) is 0.716. The molecular formula is C13H21NO2. The largest absolute Gasteiger partial charge is 0.332 e. The summed E-state index contributed by atoms with van der Waals surface area (Å²) in [6, 6.07) is -0.150.